The van der Waals surface area contributed by atoms with Gasteiger partial charge in [-0.15, -0.1) is 0 Å². The summed E-state index contributed by atoms with van der Waals surface area (Å²) >= 11 is 3.43. The van der Waals surface area contributed by atoms with Crippen molar-refractivity contribution in [3.63, 3.8) is 0 Å². The summed E-state index contributed by atoms with van der Waals surface area (Å²) in [6.45, 7) is 0. The van der Waals surface area contributed by atoms with Crippen molar-refractivity contribution in [1.29, 1.82) is 0 Å². The van der Waals surface area contributed by atoms with Gasteiger partial charge in [0.05, 0.1) is 16.6 Å². The Morgan fingerprint density at radius 1 is 0.839 bits per heavy atom. The number of fused-ring (bicyclic) bond motifs is 2. The van der Waals surface area contributed by atoms with E-state index in [0.29, 0.717) is 22.3 Å². The number of phenols is 1. The van der Waals surface area contributed by atoms with Crippen molar-refractivity contribution < 1.29 is 5.11 Å². The van der Waals surface area contributed by atoms with Gasteiger partial charge in [0, 0.05) is 15.4 Å². The van der Waals surface area contributed by atoms with Gasteiger partial charge in [0.2, 0.25) is 0 Å². The highest BCUT2D eigenvalue weighted by molar-refractivity contribution is 9.10. The normalized spacial score (nSPS) is 11.5. The minimum Gasteiger partial charge on any atom is -0.507 e. The molecular formula is C26H17BrN2O2. The van der Waals surface area contributed by atoms with Gasteiger partial charge in [0.25, 0.3) is 5.56 Å². The number of aromatic hydroxyl groups is 1. The second kappa shape index (κ2) is 7.85. The van der Waals surface area contributed by atoms with Gasteiger partial charge >= 0.3 is 0 Å². The molecule has 5 heteroatoms. The lowest BCUT2D eigenvalue weighted by molar-refractivity contribution is 0.474. The van der Waals surface area contributed by atoms with Crippen LogP contribution >= 0.6 is 15.9 Å². The molecule has 0 amide bonds. The van der Waals surface area contributed by atoms with E-state index < -0.39 is 0 Å². The molecular weight excluding hydrogens is 452 g/mol. The number of phenolic OH excluding ortho intramolecular Hbond substituents is 1. The van der Waals surface area contributed by atoms with E-state index in [1.54, 1.807) is 34.9 Å². The predicted molar refractivity (Wildman–Crippen MR) is 130 cm³/mol. The van der Waals surface area contributed by atoms with Crippen LogP contribution in [0.1, 0.15) is 11.4 Å². The fourth-order valence-corrected chi connectivity index (χ4v) is 4.10. The first-order chi connectivity index (χ1) is 15.1. The highest BCUT2D eigenvalue weighted by Gasteiger charge is 2.13. The Hall–Kier alpha value is -3.70. The third-order valence-corrected chi connectivity index (χ3v) is 5.70. The van der Waals surface area contributed by atoms with Crippen LogP contribution in [-0.4, -0.2) is 14.7 Å². The van der Waals surface area contributed by atoms with Crippen LogP contribution in [0.3, 0.4) is 0 Å². The van der Waals surface area contributed by atoms with E-state index >= 15 is 0 Å². The molecule has 1 aromatic heterocycles. The summed E-state index contributed by atoms with van der Waals surface area (Å²) in [6.07, 6.45) is 3.52. The quantitative estimate of drug-likeness (QED) is 0.344. The largest absolute Gasteiger partial charge is 0.507 e. The molecule has 5 rings (SSSR count). The van der Waals surface area contributed by atoms with Gasteiger partial charge in [-0.05, 0) is 53.9 Å². The molecule has 0 bridgehead atoms. The smallest absolute Gasteiger partial charge is 0.266 e. The first-order valence-electron chi connectivity index (χ1n) is 9.78. The highest BCUT2D eigenvalue weighted by atomic mass is 79.9. The fourth-order valence-electron chi connectivity index (χ4n) is 3.72. The molecule has 31 heavy (non-hydrogen) atoms. The van der Waals surface area contributed by atoms with Gasteiger partial charge in [-0.25, -0.2) is 4.98 Å². The second-order valence-electron chi connectivity index (χ2n) is 7.16. The Morgan fingerprint density at radius 2 is 1.58 bits per heavy atom. The van der Waals surface area contributed by atoms with Crippen molar-refractivity contribution >= 4 is 49.8 Å². The minimum absolute atomic E-state index is 0.139. The molecule has 0 saturated carbocycles. The molecule has 1 heterocycles. The molecule has 0 aliphatic rings. The molecule has 0 fully saturated rings. The van der Waals surface area contributed by atoms with E-state index in [2.05, 4.69) is 15.9 Å². The summed E-state index contributed by atoms with van der Waals surface area (Å²) in [5, 5.41) is 12.8. The predicted octanol–water partition coefficient (Wildman–Crippen LogP) is 6.18. The first kappa shape index (κ1) is 19.3. The fraction of sp³-hybridized carbons (Fsp3) is 0. The number of rotatable bonds is 3. The molecule has 5 aromatic rings. The Kier molecular flexibility index (Phi) is 4.88. The number of hydrogen-bond donors (Lipinski definition) is 1. The molecule has 150 valence electrons. The van der Waals surface area contributed by atoms with Gasteiger partial charge < -0.3 is 5.11 Å². The van der Waals surface area contributed by atoms with E-state index in [1.807, 2.05) is 66.7 Å². The summed E-state index contributed by atoms with van der Waals surface area (Å²) < 4.78 is 2.48. The van der Waals surface area contributed by atoms with Crippen LogP contribution in [0.5, 0.6) is 5.75 Å². The van der Waals surface area contributed by atoms with E-state index in [0.717, 1.165) is 20.9 Å². The van der Waals surface area contributed by atoms with Crippen LogP contribution in [0, 0.1) is 0 Å². The van der Waals surface area contributed by atoms with Crippen LogP contribution < -0.4 is 5.56 Å². The third kappa shape index (κ3) is 3.53. The standard InChI is InChI=1S/C26H17BrN2O2/c27-19-13-14-24(30)18(16-19)12-15-25-28-22-10-4-3-9-21(22)26(31)29(25)23-11-5-7-17-6-1-2-8-20(17)23/h1-16,30H. The van der Waals surface area contributed by atoms with Crippen molar-refractivity contribution in [1.82, 2.24) is 9.55 Å². The zero-order chi connectivity index (χ0) is 21.4. The molecule has 0 aliphatic carbocycles. The van der Waals surface area contributed by atoms with Gasteiger partial charge in [-0.1, -0.05) is 64.5 Å². The molecule has 0 spiro atoms. The highest BCUT2D eigenvalue weighted by Crippen LogP contribution is 2.26. The molecule has 0 unspecified atom stereocenters. The Bertz CT molecular complexity index is 1530. The summed E-state index contributed by atoms with van der Waals surface area (Å²) in [4.78, 5) is 18.3. The van der Waals surface area contributed by atoms with Crippen molar-refractivity contribution in [2.75, 3.05) is 0 Å². The van der Waals surface area contributed by atoms with Crippen molar-refractivity contribution in [2.45, 2.75) is 0 Å². The molecule has 0 atom stereocenters. The number of nitrogens with zero attached hydrogens (tertiary/aromatic N) is 2. The first-order valence-corrected chi connectivity index (χ1v) is 10.6. The number of halogens is 1. The Balaban J connectivity index is 1.81. The van der Waals surface area contributed by atoms with Gasteiger partial charge in [0.15, 0.2) is 0 Å². The molecule has 1 N–H and O–H groups in total. The lowest BCUT2D eigenvalue weighted by Crippen LogP contribution is -2.22. The Labute approximate surface area is 186 Å². The minimum atomic E-state index is -0.139. The number of benzene rings is 4. The monoisotopic (exact) mass is 468 g/mol. The van der Waals surface area contributed by atoms with E-state index in [-0.39, 0.29) is 11.3 Å². The van der Waals surface area contributed by atoms with Gasteiger partial charge in [-0.3, -0.25) is 9.36 Å². The van der Waals surface area contributed by atoms with Crippen LogP contribution in [0.25, 0.3) is 39.5 Å². The van der Waals surface area contributed by atoms with Crippen LogP contribution in [-0.2, 0) is 0 Å². The topological polar surface area (TPSA) is 55.1 Å². The van der Waals surface area contributed by atoms with E-state index in [9.17, 15) is 9.90 Å². The molecule has 4 nitrogen and oxygen atoms in total. The second-order valence-corrected chi connectivity index (χ2v) is 8.08. The SMILES string of the molecule is O=c1c2ccccc2nc(C=Cc2cc(Br)ccc2O)n1-c1cccc2ccccc12. The zero-order valence-corrected chi connectivity index (χ0v) is 18.0. The summed E-state index contributed by atoms with van der Waals surface area (Å²) in [6, 6.07) is 26.4. The summed E-state index contributed by atoms with van der Waals surface area (Å²) in [5.41, 5.74) is 1.88. The lowest BCUT2D eigenvalue weighted by atomic mass is 10.1. The molecule has 0 radical (unpaired) electrons. The maximum absolute atomic E-state index is 13.6. The van der Waals surface area contributed by atoms with Crippen molar-refractivity contribution in [3.8, 4) is 11.4 Å². The van der Waals surface area contributed by atoms with Crippen molar-refractivity contribution in [2.24, 2.45) is 0 Å². The molecule has 0 aliphatic heterocycles. The van der Waals surface area contributed by atoms with Crippen molar-refractivity contribution in [3.05, 3.63) is 111 Å². The zero-order valence-electron chi connectivity index (χ0n) is 16.4. The van der Waals surface area contributed by atoms with Crippen LogP contribution in [0.15, 0.2) is 94.2 Å². The number of hydrogen-bond acceptors (Lipinski definition) is 3. The maximum atomic E-state index is 13.6. The lowest BCUT2D eigenvalue weighted by Gasteiger charge is -2.14. The van der Waals surface area contributed by atoms with E-state index in [4.69, 9.17) is 4.98 Å². The molecule has 0 saturated heterocycles. The van der Waals surface area contributed by atoms with Crippen LogP contribution in [0.4, 0.5) is 0 Å². The Morgan fingerprint density at radius 3 is 2.45 bits per heavy atom. The van der Waals surface area contributed by atoms with Crippen LogP contribution in [0.2, 0.25) is 0 Å². The summed E-state index contributed by atoms with van der Waals surface area (Å²) in [5.74, 6) is 0.638. The number of aromatic nitrogens is 2. The number of para-hydroxylation sites is 1. The van der Waals surface area contributed by atoms with Gasteiger partial charge in [0.1, 0.15) is 11.6 Å². The van der Waals surface area contributed by atoms with Gasteiger partial charge in [-0.2, -0.15) is 0 Å². The average molecular weight is 469 g/mol. The third-order valence-electron chi connectivity index (χ3n) is 5.21. The van der Waals surface area contributed by atoms with E-state index in [1.165, 1.54) is 0 Å². The average Bonchev–Trinajstić information content (AvgIpc) is 2.79. The summed E-state index contributed by atoms with van der Waals surface area (Å²) in [7, 11) is 0. The maximum Gasteiger partial charge on any atom is 0.266 e. The molecule has 4 aromatic carbocycles.